The van der Waals surface area contributed by atoms with E-state index in [1.165, 1.54) is 12.5 Å². The van der Waals surface area contributed by atoms with Crippen molar-refractivity contribution >= 4 is 12.2 Å². The van der Waals surface area contributed by atoms with Gasteiger partial charge in [-0.05, 0) is 179 Å². The maximum absolute atomic E-state index is 12.7. The van der Waals surface area contributed by atoms with Crippen molar-refractivity contribution in [2.75, 3.05) is 26.4 Å². The largest absolute Gasteiger partial charge is 0.502 e. The Kier molecular flexibility index (Phi) is 29.8. The molecule has 0 radical (unpaired) electrons. The maximum atomic E-state index is 12.7. The predicted molar refractivity (Wildman–Crippen MR) is 241 cm³/mol. The van der Waals surface area contributed by atoms with Gasteiger partial charge in [0, 0.05) is 91.7 Å². The van der Waals surface area contributed by atoms with E-state index in [0.717, 1.165) is 51.4 Å². The Labute approximate surface area is 384 Å². The molecule has 0 aliphatic heterocycles. The van der Waals surface area contributed by atoms with E-state index in [4.69, 9.17) is 18.9 Å². The highest BCUT2D eigenvalue weighted by Gasteiger charge is 2.24. The second-order valence-corrected chi connectivity index (χ2v) is 12.9. The van der Waals surface area contributed by atoms with E-state index in [1.807, 2.05) is 0 Å². The Morgan fingerprint density at radius 2 is 0.606 bits per heavy atom. The summed E-state index contributed by atoms with van der Waals surface area (Å²) in [7, 11) is 0. The molecular formula is C58H38N2O6. The number of nitrogens with one attached hydrogen (secondary N) is 2. The van der Waals surface area contributed by atoms with E-state index in [0.29, 0.717) is 25.0 Å². The van der Waals surface area contributed by atoms with Crippen molar-refractivity contribution in [2.24, 2.45) is 23.7 Å². The van der Waals surface area contributed by atoms with Crippen LogP contribution in [0.25, 0.3) is 0 Å². The van der Waals surface area contributed by atoms with Crippen molar-refractivity contribution in [2.45, 2.75) is 51.4 Å². The molecule has 66 heavy (non-hydrogen) atoms. The standard InChI is InChI=1S/C58H38N2O6/c1-4-7-8-9-10-11-12-13-14-15-16-17-18-19-20-21-22-23-24-25-26-27-28-29-30-31-32-33-34-35-36-37-38-39-56(59-57(61)65-50-54-44-40-52(41-45-54)48-63-5-2)60-58(62)66-51-55-46-42-53(43-47-55)49-64-6-3/h5-6,52-55H,1-3,40-51H2,(H,59,61)(H,60,62). The Balaban J connectivity index is 2.22. The summed E-state index contributed by atoms with van der Waals surface area (Å²) in [5, 5.41) is 4.97. The zero-order valence-electron chi connectivity index (χ0n) is 36.0. The lowest BCUT2D eigenvalue weighted by molar-refractivity contribution is 0.0931. The molecule has 8 heteroatoms. The Bertz CT molecular complexity index is 3180. The van der Waals surface area contributed by atoms with E-state index in [9.17, 15) is 9.59 Å². The van der Waals surface area contributed by atoms with Crippen LogP contribution in [-0.2, 0) is 18.9 Å². The fourth-order valence-corrected chi connectivity index (χ4v) is 5.37. The lowest BCUT2D eigenvalue weighted by Crippen LogP contribution is -2.36. The van der Waals surface area contributed by atoms with Crippen molar-refractivity contribution < 1.29 is 28.5 Å². The Morgan fingerprint density at radius 1 is 0.379 bits per heavy atom. The minimum atomic E-state index is -0.764. The molecule has 0 heterocycles. The molecule has 2 fully saturated rings. The van der Waals surface area contributed by atoms with Gasteiger partial charge in [-0.15, -0.1) is 0 Å². The second kappa shape index (κ2) is 37.8. The molecule has 0 aromatic carbocycles. The number of ether oxygens (including phenoxy) is 4. The third kappa shape index (κ3) is 30.0. The fraction of sp³-hybridized carbons (Fsp3) is 0.276. The normalized spacial score (nSPS) is 14.2. The number of carbonyl (C=O) groups excluding carboxylic acids is 2. The van der Waals surface area contributed by atoms with Gasteiger partial charge in [0.15, 0.2) is 5.82 Å². The molecule has 2 aliphatic rings. The summed E-state index contributed by atoms with van der Waals surface area (Å²) in [6.45, 7) is 12.2. The van der Waals surface area contributed by atoms with Crippen molar-refractivity contribution in [3.63, 3.8) is 0 Å². The van der Waals surface area contributed by atoms with E-state index < -0.39 is 12.2 Å². The number of hydrogen-bond acceptors (Lipinski definition) is 6. The quantitative estimate of drug-likeness (QED) is 0.150. The number of amides is 2. The molecule has 0 atom stereocenters. The van der Waals surface area contributed by atoms with Crippen LogP contribution in [0.1, 0.15) is 51.4 Å². The van der Waals surface area contributed by atoms with Crippen molar-refractivity contribution in [1.29, 1.82) is 0 Å². The van der Waals surface area contributed by atoms with Gasteiger partial charge >= 0.3 is 12.2 Å². The second-order valence-electron chi connectivity index (χ2n) is 12.9. The molecule has 0 bridgehead atoms. The van der Waals surface area contributed by atoms with Crippen LogP contribution < -0.4 is 10.6 Å². The monoisotopic (exact) mass is 858 g/mol. The zero-order chi connectivity index (χ0) is 47.2. The number of rotatable bonds is 12. The summed E-state index contributed by atoms with van der Waals surface area (Å²) in [5.74, 6) is 1.21. The van der Waals surface area contributed by atoms with Crippen LogP contribution in [0.15, 0.2) is 233 Å². The van der Waals surface area contributed by atoms with Crippen LogP contribution in [-0.4, -0.2) is 38.6 Å². The third-order valence-corrected chi connectivity index (χ3v) is 8.40. The van der Waals surface area contributed by atoms with Gasteiger partial charge in [0.1, 0.15) is 0 Å². The molecule has 0 aromatic rings. The lowest BCUT2D eigenvalue weighted by atomic mass is 9.83. The first-order valence-corrected chi connectivity index (χ1v) is 20.0. The van der Waals surface area contributed by atoms with Gasteiger partial charge in [-0.25, -0.2) is 9.59 Å². The van der Waals surface area contributed by atoms with Gasteiger partial charge in [-0.1, -0.05) is 18.9 Å². The smallest absolute Gasteiger partial charge is 0.413 e. The highest BCUT2D eigenvalue weighted by atomic mass is 16.6. The number of hydrogen-bond donors (Lipinski definition) is 2. The predicted octanol–water partition coefficient (Wildman–Crippen LogP) is 10.1. The summed E-state index contributed by atoms with van der Waals surface area (Å²) >= 11 is 0. The molecule has 2 rings (SSSR count). The van der Waals surface area contributed by atoms with Crippen LogP contribution in [0.3, 0.4) is 0 Å². The third-order valence-electron chi connectivity index (χ3n) is 8.40. The average molecular weight is 859 g/mol. The van der Waals surface area contributed by atoms with E-state index >= 15 is 0 Å². The molecule has 2 saturated carbocycles. The van der Waals surface area contributed by atoms with Crippen LogP contribution in [0.2, 0.25) is 0 Å². The molecular weight excluding hydrogens is 821 g/mol. The molecule has 0 unspecified atom stereocenters. The van der Waals surface area contributed by atoms with Crippen molar-refractivity contribution in [1.82, 2.24) is 10.6 Å². The van der Waals surface area contributed by atoms with E-state index in [1.54, 1.807) is 0 Å². The van der Waals surface area contributed by atoms with Crippen LogP contribution in [0.5, 0.6) is 0 Å². The maximum Gasteiger partial charge on any atom is 0.413 e. The molecule has 0 aromatic heterocycles. The minimum absolute atomic E-state index is 0.144. The minimum Gasteiger partial charge on any atom is -0.502 e. The van der Waals surface area contributed by atoms with Gasteiger partial charge in [0.25, 0.3) is 0 Å². The van der Waals surface area contributed by atoms with Crippen molar-refractivity contribution in [3.8, 4) is 0 Å². The van der Waals surface area contributed by atoms with E-state index in [-0.39, 0.29) is 30.9 Å². The van der Waals surface area contributed by atoms with Gasteiger partial charge < -0.3 is 18.9 Å². The summed E-state index contributed by atoms with van der Waals surface area (Å²) in [6, 6.07) is 0. The Hall–Kier alpha value is -10.1. The molecule has 316 valence electrons. The van der Waals surface area contributed by atoms with Crippen LogP contribution in [0, 0.1) is 23.7 Å². The molecule has 2 aliphatic carbocycles. The average Bonchev–Trinajstić information content (AvgIpc) is 3.33. The molecule has 0 saturated heterocycles. The highest BCUT2D eigenvalue weighted by Crippen LogP contribution is 2.30. The molecule has 8 nitrogen and oxygen atoms in total. The van der Waals surface area contributed by atoms with E-state index in [2.05, 4.69) is 225 Å². The van der Waals surface area contributed by atoms with Gasteiger partial charge in [-0.3, -0.25) is 10.6 Å². The molecule has 2 N–H and O–H groups in total. The van der Waals surface area contributed by atoms with Gasteiger partial charge in [0.2, 0.25) is 0 Å². The van der Waals surface area contributed by atoms with Gasteiger partial charge in [-0.2, -0.15) is 0 Å². The van der Waals surface area contributed by atoms with Crippen LogP contribution >= 0.6 is 0 Å². The first-order chi connectivity index (χ1) is 32.5. The van der Waals surface area contributed by atoms with Gasteiger partial charge in [0.05, 0.1) is 39.0 Å². The summed E-state index contributed by atoms with van der Waals surface area (Å²) < 4.78 is 21.5. The summed E-state index contributed by atoms with van der Waals surface area (Å²) in [4.78, 5) is 25.4. The Morgan fingerprint density at radius 3 is 0.848 bits per heavy atom. The fourth-order valence-electron chi connectivity index (χ4n) is 5.37. The van der Waals surface area contributed by atoms with Crippen molar-refractivity contribution in [3.05, 3.63) is 233 Å². The SMILES string of the molecule is C=C=C=C=C=C=C=C=C=C=C=C=C=C=C=C=C=C=C=C=C=C=C=C=C=C=C=C=C=C=C=C=C=C=C=C(NC(=O)OCC1CCC(COC=C)CC1)NC(=O)OCC1CCC(COC=C)CC1. The summed E-state index contributed by atoms with van der Waals surface area (Å²) in [6.07, 6.45) is 8.89. The molecule has 2 amide bonds. The highest BCUT2D eigenvalue weighted by molar-refractivity contribution is 5.74. The first-order valence-electron chi connectivity index (χ1n) is 20.0. The first kappa shape index (κ1) is 52.0. The zero-order valence-corrected chi connectivity index (χ0v) is 36.0. The number of alkyl carbamates (subject to hydrolysis) is 2. The lowest BCUT2D eigenvalue weighted by Gasteiger charge is -2.27. The molecule has 0 spiro atoms. The summed E-state index contributed by atoms with van der Waals surface area (Å²) in [5.41, 5.74) is 85.1. The number of carbonyl (C=O) groups is 2. The topological polar surface area (TPSA) is 95.1 Å². The van der Waals surface area contributed by atoms with Crippen LogP contribution in [0.4, 0.5) is 9.59 Å².